The fourth-order valence-electron chi connectivity index (χ4n) is 3.17. The smallest absolute Gasteiger partial charge is 0.408 e. The van der Waals surface area contributed by atoms with Gasteiger partial charge in [-0.25, -0.2) is 13.6 Å². The van der Waals surface area contributed by atoms with E-state index in [1.165, 1.54) is 12.1 Å². The lowest BCUT2D eigenvalue weighted by Crippen LogP contribution is -2.48. The van der Waals surface area contributed by atoms with Gasteiger partial charge in [0.05, 0.1) is 5.69 Å². The number of benzene rings is 2. The molecule has 0 saturated carbocycles. The van der Waals surface area contributed by atoms with E-state index < -0.39 is 23.8 Å². The zero-order chi connectivity index (χ0) is 20.8. The van der Waals surface area contributed by atoms with Gasteiger partial charge in [-0.05, 0) is 31.0 Å². The topological polar surface area (TPSA) is 70.7 Å². The molecule has 2 atom stereocenters. The van der Waals surface area contributed by atoms with Gasteiger partial charge in [-0.2, -0.15) is 0 Å². The first-order valence-electron chi connectivity index (χ1n) is 9.40. The Hall–Kier alpha value is -3.16. The van der Waals surface area contributed by atoms with E-state index in [1.807, 2.05) is 30.3 Å². The van der Waals surface area contributed by atoms with Gasteiger partial charge in [0.15, 0.2) is 0 Å². The van der Waals surface area contributed by atoms with Crippen LogP contribution in [0.15, 0.2) is 48.5 Å². The molecule has 154 valence electrons. The zero-order valence-electron chi connectivity index (χ0n) is 16.0. The summed E-state index contributed by atoms with van der Waals surface area (Å²) in [6.07, 6.45) is -0.0637. The second-order valence-corrected chi connectivity index (χ2v) is 6.96. The molecule has 1 aliphatic rings. The quantitative estimate of drug-likeness (QED) is 0.778. The molecule has 3 rings (SSSR count). The van der Waals surface area contributed by atoms with Crippen LogP contribution >= 0.6 is 0 Å². The lowest BCUT2D eigenvalue weighted by atomic mass is 10.2. The van der Waals surface area contributed by atoms with Crippen LogP contribution in [-0.4, -0.2) is 37.2 Å². The van der Waals surface area contributed by atoms with Crippen molar-refractivity contribution >= 4 is 17.7 Å². The van der Waals surface area contributed by atoms with Crippen LogP contribution in [0.2, 0.25) is 0 Å². The van der Waals surface area contributed by atoms with Crippen LogP contribution in [0.5, 0.6) is 0 Å². The number of hydrogen-bond acceptors (Lipinski definition) is 4. The molecule has 8 heteroatoms. The average molecular weight is 403 g/mol. The minimum Gasteiger partial charge on any atom is -0.445 e. The number of ether oxygens (including phenoxy) is 1. The lowest BCUT2D eigenvalue weighted by Gasteiger charge is -2.21. The van der Waals surface area contributed by atoms with E-state index in [9.17, 15) is 18.4 Å². The Kier molecular flexibility index (Phi) is 6.64. The third kappa shape index (κ3) is 5.66. The third-order valence-electron chi connectivity index (χ3n) is 4.73. The maximum absolute atomic E-state index is 13.9. The molecule has 0 radical (unpaired) electrons. The summed E-state index contributed by atoms with van der Waals surface area (Å²) in [6, 6.07) is 11.7. The van der Waals surface area contributed by atoms with Crippen LogP contribution in [0, 0.1) is 11.6 Å². The number of carbonyl (C=O) groups excluding carboxylic acids is 2. The highest BCUT2D eigenvalue weighted by Crippen LogP contribution is 2.24. The summed E-state index contributed by atoms with van der Waals surface area (Å²) >= 11 is 0. The first-order chi connectivity index (χ1) is 13.9. The van der Waals surface area contributed by atoms with Gasteiger partial charge in [-0.3, -0.25) is 4.79 Å². The molecule has 0 aliphatic carbocycles. The van der Waals surface area contributed by atoms with Gasteiger partial charge in [-0.15, -0.1) is 0 Å². The van der Waals surface area contributed by atoms with Gasteiger partial charge >= 0.3 is 6.09 Å². The van der Waals surface area contributed by atoms with Crippen molar-refractivity contribution in [3.8, 4) is 0 Å². The van der Waals surface area contributed by atoms with Crippen LogP contribution in [0.25, 0.3) is 0 Å². The third-order valence-corrected chi connectivity index (χ3v) is 4.73. The second kappa shape index (κ2) is 9.36. The summed E-state index contributed by atoms with van der Waals surface area (Å²) in [5.41, 5.74) is 1.15. The van der Waals surface area contributed by atoms with Crippen molar-refractivity contribution in [2.24, 2.45) is 0 Å². The van der Waals surface area contributed by atoms with Gasteiger partial charge in [0, 0.05) is 25.2 Å². The van der Waals surface area contributed by atoms with Crippen LogP contribution in [0.1, 0.15) is 18.9 Å². The molecule has 0 bridgehead atoms. The number of nitrogens with zero attached hydrogens (tertiary/aromatic N) is 1. The molecule has 2 amide bonds. The summed E-state index contributed by atoms with van der Waals surface area (Å²) in [4.78, 5) is 26.0. The van der Waals surface area contributed by atoms with E-state index in [0.29, 0.717) is 25.2 Å². The highest BCUT2D eigenvalue weighted by molar-refractivity contribution is 5.85. The molecular formula is C21H23F2N3O3. The van der Waals surface area contributed by atoms with Crippen LogP contribution in [0.3, 0.4) is 0 Å². The number of rotatable bonds is 6. The fourth-order valence-corrected chi connectivity index (χ4v) is 3.17. The summed E-state index contributed by atoms with van der Waals surface area (Å²) in [5.74, 6) is -1.62. The standard InChI is InChI=1S/C21H23F2N3O3/c1-14(24-21(28)29-13-15-5-3-2-4-6-15)20(27)25-17-9-10-26(12-17)19-8-7-16(22)11-18(19)23/h2-8,11,14,17H,9-10,12-13H2,1H3,(H,24,28)(H,25,27)/t14-,17?/m0/s1. The molecule has 2 aromatic rings. The molecule has 29 heavy (non-hydrogen) atoms. The first-order valence-corrected chi connectivity index (χ1v) is 9.40. The average Bonchev–Trinajstić information content (AvgIpc) is 3.15. The maximum Gasteiger partial charge on any atom is 0.408 e. The molecule has 6 nitrogen and oxygen atoms in total. The van der Waals surface area contributed by atoms with Crippen molar-refractivity contribution in [1.82, 2.24) is 10.6 Å². The molecule has 1 unspecified atom stereocenters. The van der Waals surface area contributed by atoms with Gasteiger partial charge in [0.2, 0.25) is 5.91 Å². The number of nitrogens with one attached hydrogen (secondary N) is 2. The van der Waals surface area contributed by atoms with E-state index in [2.05, 4.69) is 10.6 Å². The van der Waals surface area contributed by atoms with Crippen molar-refractivity contribution in [1.29, 1.82) is 0 Å². The van der Waals surface area contributed by atoms with Gasteiger partial charge in [-0.1, -0.05) is 30.3 Å². The molecule has 1 heterocycles. The Morgan fingerprint density at radius 1 is 1.21 bits per heavy atom. The molecule has 0 spiro atoms. The Bertz CT molecular complexity index is 864. The van der Waals surface area contributed by atoms with E-state index in [0.717, 1.165) is 11.6 Å². The minimum absolute atomic E-state index is 0.113. The second-order valence-electron chi connectivity index (χ2n) is 6.96. The number of carbonyl (C=O) groups is 2. The lowest BCUT2D eigenvalue weighted by molar-refractivity contribution is -0.123. The molecule has 2 aromatic carbocycles. The normalized spacial score (nSPS) is 16.9. The number of anilines is 1. The fraction of sp³-hybridized carbons (Fsp3) is 0.333. The minimum atomic E-state index is -0.783. The Morgan fingerprint density at radius 3 is 2.69 bits per heavy atom. The SMILES string of the molecule is C[C@H](NC(=O)OCc1ccccc1)C(=O)NC1CCN(c2ccc(F)cc2F)C1. The summed E-state index contributed by atoms with van der Waals surface area (Å²) in [5, 5.41) is 5.33. The summed E-state index contributed by atoms with van der Waals surface area (Å²) in [6.45, 7) is 2.61. The van der Waals surface area contributed by atoms with Crippen molar-refractivity contribution in [2.75, 3.05) is 18.0 Å². The highest BCUT2D eigenvalue weighted by Gasteiger charge is 2.27. The van der Waals surface area contributed by atoms with Crippen molar-refractivity contribution in [2.45, 2.75) is 32.0 Å². The zero-order valence-corrected chi connectivity index (χ0v) is 16.0. The molecule has 1 saturated heterocycles. The Balaban J connectivity index is 1.44. The summed E-state index contributed by atoms with van der Waals surface area (Å²) in [7, 11) is 0. The van der Waals surface area contributed by atoms with Gasteiger partial charge in [0.25, 0.3) is 0 Å². The first kappa shape index (κ1) is 20.6. The van der Waals surface area contributed by atoms with E-state index in [-0.39, 0.29) is 18.6 Å². The number of halogens is 2. The van der Waals surface area contributed by atoms with Crippen molar-refractivity contribution in [3.63, 3.8) is 0 Å². The van der Waals surface area contributed by atoms with E-state index >= 15 is 0 Å². The van der Waals surface area contributed by atoms with Gasteiger partial charge < -0.3 is 20.3 Å². The van der Waals surface area contributed by atoms with Gasteiger partial charge in [0.1, 0.15) is 24.3 Å². The van der Waals surface area contributed by atoms with E-state index in [1.54, 1.807) is 11.8 Å². The number of amides is 2. The molecule has 2 N–H and O–H groups in total. The number of alkyl carbamates (subject to hydrolysis) is 1. The number of hydrogen-bond donors (Lipinski definition) is 2. The Morgan fingerprint density at radius 2 is 1.97 bits per heavy atom. The van der Waals surface area contributed by atoms with Crippen molar-refractivity contribution in [3.05, 3.63) is 65.7 Å². The van der Waals surface area contributed by atoms with Crippen LogP contribution < -0.4 is 15.5 Å². The molecule has 1 aliphatic heterocycles. The van der Waals surface area contributed by atoms with Crippen molar-refractivity contribution < 1.29 is 23.1 Å². The van der Waals surface area contributed by atoms with E-state index in [4.69, 9.17) is 4.74 Å². The largest absolute Gasteiger partial charge is 0.445 e. The molecule has 0 aromatic heterocycles. The monoisotopic (exact) mass is 403 g/mol. The van der Waals surface area contributed by atoms with Crippen LogP contribution in [-0.2, 0) is 16.1 Å². The predicted octanol–water partition coefficient (Wildman–Crippen LogP) is 2.97. The Labute approximate surface area is 167 Å². The predicted molar refractivity (Wildman–Crippen MR) is 104 cm³/mol. The summed E-state index contributed by atoms with van der Waals surface area (Å²) < 4.78 is 32.1. The molecule has 1 fully saturated rings. The van der Waals surface area contributed by atoms with Crippen LogP contribution in [0.4, 0.5) is 19.3 Å². The molecular weight excluding hydrogens is 380 g/mol. The maximum atomic E-state index is 13.9. The highest BCUT2D eigenvalue weighted by atomic mass is 19.1.